The molecule has 0 aliphatic carbocycles. The van der Waals surface area contributed by atoms with Gasteiger partial charge in [-0.3, -0.25) is 0 Å². The summed E-state index contributed by atoms with van der Waals surface area (Å²) in [6, 6.07) is 17.1. The molecule has 0 heterocycles. The van der Waals surface area contributed by atoms with Crippen LogP contribution in [0.1, 0.15) is 24.1 Å². The lowest BCUT2D eigenvalue weighted by atomic mass is 10.1. The third kappa shape index (κ3) is 3.10. The first-order valence-electron chi connectivity index (χ1n) is 5.74. The second kappa shape index (κ2) is 5.37. The van der Waals surface area contributed by atoms with Crippen LogP contribution in [0.15, 0.2) is 53.0 Å². The van der Waals surface area contributed by atoms with E-state index in [1.165, 1.54) is 11.1 Å². The van der Waals surface area contributed by atoms with Gasteiger partial charge in [0.15, 0.2) is 0 Å². The molecule has 0 aliphatic rings. The molecule has 2 aromatic carbocycles. The number of anilines is 1. The van der Waals surface area contributed by atoms with Crippen LogP contribution in [-0.2, 0) is 0 Å². The maximum atomic E-state index is 3.59. The SMILES string of the molecule is Cc1ccc(NC(C)c2ccccc2)c(Br)c1. The van der Waals surface area contributed by atoms with Gasteiger partial charge in [0.2, 0.25) is 0 Å². The first-order valence-corrected chi connectivity index (χ1v) is 6.54. The van der Waals surface area contributed by atoms with Crippen LogP contribution in [0.2, 0.25) is 0 Å². The molecule has 0 radical (unpaired) electrons. The molecule has 1 nitrogen and oxygen atoms in total. The molecular formula is C15H16BrN. The van der Waals surface area contributed by atoms with E-state index in [1.807, 2.05) is 6.07 Å². The summed E-state index contributed by atoms with van der Waals surface area (Å²) in [5.41, 5.74) is 3.68. The normalized spacial score (nSPS) is 12.2. The van der Waals surface area contributed by atoms with Crippen molar-refractivity contribution in [1.29, 1.82) is 0 Å². The summed E-state index contributed by atoms with van der Waals surface area (Å²) in [7, 11) is 0. The third-order valence-electron chi connectivity index (χ3n) is 2.80. The largest absolute Gasteiger partial charge is 0.378 e. The molecule has 0 saturated heterocycles. The van der Waals surface area contributed by atoms with Gasteiger partial charge >= 0.3 is 0 Å². The van der Waals surface area contributed by atoms with Gasteiger partial charge in [-0.05, 0) is 53.0 Å². The molecule has 2 rings (SSSR count). The van der Waals surface area contributed by atoms with Crippen molar-refractivity contribution in [3.05, 3.63) is 64.1 Å². The Hall–Kier alpha value is -1.28. The zero-order valence-electron chi connectivity index (χ0n) is 10.1. The standard InChI is InChI=1S/C15H16BrN/c1-11-8-9-15(14(16)10-11)17-12(2)13-6-4-3-5-7-13/h3-10,12,17H,1-2H3. The fourth-order valence-corrected chi connectivity index (χ4v) is 2.40. The van der Waals surface area contributed by atoms with E-state index in [-0.39, 0.29) is 0 Å². The first kappa shape index (κ1) is 12.2. The molecule has 0 fully saturated rings. The highest BCUT2D eigenvalue weighted by Crippen LogP contribution is 2.27. The summed E-state index contributed by atoms with van der Waals surface area (Å²) in [4.78, 5) is 0. The third-order valence-corrected chi connectivity index (χ3v) is 3.45. The fraction of sp³-hybridized carbons (Fsp3) is 0.200. The van der Waals surface area contributed by atoms with Crippen LogP contribution in [0.3, 0.4) is 0 Å². The lowest BCUT2D eigenvalue weighted by molar-refractivity contribution is 0.883. The van der Waals surface area contributed by atoms with Crippen molar-refractivity contribution in [2.75, 3.05) is 5.32 Å². The zero-order valence-corrected chi connectivity index (χ0v) is 11.7. The minimum atomic E-state index is 0.301. The van der Waals surface area contributed by atoms with Gasteiger partial charge in [-0.2, -0.15) is 0 Å². The van der Waals surface area contributed by atoms with Gasteiger partial charge in [-0.15, -0.1) is 0 Å². The van der Waals surface area contributed by atoms with E-state index in [2.05, 4.69) is 77.6 Å². The molecule has 17 heavy (non-hydrogen) atoms. The average molecular weight is 290 g/mol. The van der Waals surface area contributed by atoms with E-state index in [4.69, 9.17) is 0 Å². The molecule has 1 unspecified atom stereocenters. The molecule has 0 aliphatic heterocycles. The monoisotopic (exact) mass is 289 g/mol. The Bertz CT molecular complexity index is 494. The van der Waals surface area contributed by atoms with Crippen LogP contribution in [0.4, 0.5) is 5.69 Å². The second-order valence-electron chi connectivity index (χ2n) is 4.26. The van der Waals surface area contributed by atoms with Gasteiger partial charge < -0.3 is 5.32 Å². The predicted molar refractivity (Wildman–Crippen MR) is 77.4 cm³/mol. The van der Waals surface area contributed by atoms with Crippen LogP contribution in [0.5, 0.6) is 0 Å². The van der Waals surface area contributed by atoms with Crippen molar-refractivity contribution in [3.8, 4) is 0 Å². The van der Waals surface area contributed by atoms with E-state index in [0.717, 1.165) is 10.2 Å². The van der Waals surface area contributed by atoms with Crippen molar-refractivity contribution < 1.29 is 0 Å². The summed E-state index contributed by atoms with van der Waals surface area (Å²) in [6.07, 6.45) is 0. The molecule has 88 valence electrons. The molecular weight excluding hydrogens is 274 g/mol. The van der Waals surface area contributed by atoms with Gasteiger partial charge in [0, 0.05) is 16.2 Å². The minimum Gasteiger partial charge on any atom is -0.378 e. The van der Waals surface area contributed by atoms with E-state index < -0.39 is 0 Å². The summed E-state index contributed by atoms with van der Waals surface area (Å²) in [5.74, 6) is 0. The maximum absolute atomic E-state index is 3.59. The first-order chi connectivity index (χ1) is 8.16. The van der Waals surface area contributed by atoms with Crippen molar-refractivity contribution in [2.45, 2.75) is 19.9 Å². The number of halogens is 1. The maximum Gasteiger partial charge on any atom is 0.0489 e. The Kier molecular flexibility index (Phi) is 3.85. The Labute approximate surface area is 111 Å². The quantitative estimate of drug-likeness (QED) is 0.845. The van der Waals surface area contributed by atoms with Crippen LogP contribution >= 0.6 is 15.9 Å². The smallest absolute Gasteiger partial charge is 0.0489 e. The topological polar surface area (TPSA) is 12.0 Å². The predicted octanol–water partition coefficient (Wildman–Crippen LogP) is 4.93. The highest BCUT2D eigenvalue weighted by Gasteiger charge is 2.06. The van der Waals surface area contributed by atoms with Crippen LogP contribution in [-0.4, -0.2) is 0 Å². The molecule has 0 saturated carbocycles. The minimum absolute atomic E-state index is 0.301. The van der Waals surface area contributed by atoms with Crippen molar-refractivity contribution in [3.63, 3.8) is 0 Å². The van der Waals surface area contributed by atoms with E-state index in [1.54, 1.807) is 0 Å². The van der Waals surface area contributed by atoms with Gasteiger partial charge in [0.25, 0.3) is 0 Å². The van der Waals surface area contributed by atoms with Crippen LogP contribution in [0.25, 0.3) is 0 Å². The molecule has 0 spiro atoms. The molecule has 0 aromatic heterocycles. The summed E-state index contributed by atoms with van der Waals surface area (Å²) >= 11 is 3.59. The van der Waals surface area contributed by atoms with Crippen molar-refractivity contribution in [1.82, 2.24) is 0 Å². The van der Waals surface area contributed by atoms with E-state index in [0.29, 0.717) is 6.04 Å². The zero-order chi connectivity index (χ0) is 12.3. The Morgan fingerprint density at radius 1 is 1.06 bits per heavy atom. The van der Waals surface area contributed by atoms with Gasteiger partial charge in [-0.1, -0.05) is 36.4 Å². The molecule has 2 heteroatoms. The number of hydrogen-bond acceptors (Lipinski definition) is 1. The number of nitrogens with one attached hydrogen (secondary N) is 1. The van der Waals surface area contributed by atoms with Crippen LogP contribution in [0, 0.1) is 6.92 Å². The molecule has 2 aromatic rings. The van der Waals surface area contributed by atoms with Crippen molar-refractivity contribution >= 4 is 21.6 Å². The molecule has 0 amide bonds. The number of rotatable bonds is 3. The van der Waals surface area contributed by atoms with Gasteiger partial charge in [0.05, 0.1) is 0 Å². The Morgan fingerprint density at radius 3 is 2.41 bits per heavy atom. The second-order valence-corrected chi connectivity index (χ2v) is 5.11. The van der Waals surface area contributed by atoms with E-state index in [9.17, 15) is 0 Å². The lowest BCUT2D eigenvalue weighted by Crippen LogP contribution is -2.06. The highest BCUT2D eigenvalue weighted by atomic mass is 79.9. The summed E-state index contributed by atoms with van der Waals surface area (Å²) < 4.78 is 1.11. The van der Waals surface area contributed by atoms with Gasteiger partial charge in [-0.25, -0.2) is 0 Å². The Balaban J connectivity index is 2.16. The number of benzene rings is 2. The van der Waals surface area contributed by atoms with Crippen molar-refractivity contribution in [2.24, 2.45) is 0 Å². The average Bonchev–Trinajstić information content (AvgIpc) is 2.34. The fourth-order valence-electron chi connectivity index (χ4n) is 1.80. The van der Waals surface area contributed by atoms with Gasteiger partial charge in [0.1, 0.15) is 0 Å². The molecule has 0 bridgehead atoms. The number of hydrogen-bond donors (Lipinski definition) is 1. The molecule has 1 N–H and O–H groups in total. The van der Waals surface area contributed by atoms with Crippen LogP contribution < -0.4 is 5.32 Å². The molecule has 1 atom stereocenters. The lowest BCUT2D eigenvalue weighted by Gasteiger charge is -2.17. The number of aryl methyl sites for hydroxylation is 1. The summed E-state index contributed by atoms with van der Waals surface area (Å²) in [5, 5.41) is 3.51. The highest BCUT2D eigenvalue weighted by molar-refractivity contribution is 9.10. The Morgan fingerprint density at radius 2 is 1.76 bits per heavy atom. The van der Waals surface area contributed by atoms with E-state index >= 15 is 0 Å². The summed E-state index contributed by atoms with van der Waals surface area (Å²) in [6.45, 7) is 4.26.